The molecule has 1 amide bonds. The van der Waals surface area contributed by atoms with E-state index in [9.17, 15) is 14.3 Å². The second-order valence-corrected chi connectivity index (χ2v) is 6.87. The summed E-state index contributed by atoms with van der Waals surface area (Å²) in [4.78, 5) is 18.6. The molecule has 3 aromatic rings. The van der Waals surface area contributed by atoms with Gasteiger partial charge in [-0.05, 0) is 47.9 Å². The Morgan fingerprint density at radius 1 is 1.00 bits per heavy atom. The van der Waals surface area contributed by atoms with Crippen LogP contribution in [-0.4, -0.2) is 20.9 Å². The molecule has 4 rings (SSSR count). The highest BCUT2D eigenvalue weighted by Gasteiger charge is 2.40. The van der Waals surface area contributed by atoms with Crippen molar-refractivity contribution in [1.82, 2.24) is 9.88 Å². The Balaban J connectivity index is 1.81. The number of benzene rings is 2. The first-order valence-electron chi connectivity index (χ1n) is 9.00. The molecule has 1 aliphatic rings. The molecule has 1 aromatic heterocycles. The van der Waals surface area contributed by atoms with Crippen LogP contribution in [0.3, 0.4) is 0 Å². The van der Waals surface area contributed by atoms with Gasteiger partial charge in [-0.15, -0.1) is 0 Å². The van der Waals surface area contributed by atoms with E-state index in [0.717, 1.165) is 22.3 Å². The lowest BCUT2D eigenvalue weighted by Crippen LogP contribution is -2.29. The monoisotopic (exact) mass is 374 g/mol. The molecule has 28 heavy (non-hydrogen) atoms. The van der Waals surface area contributed by atoms with Crippen molar-refractivity contribution in [2.24, 2.45) is 0 Å². The van der Waals surface area contributed by atoms with Gasteiger partial charge in [0.25, 0.3) is 5.91 Å². The van der Waals surface area contributed by atoms with E-state index in [1.165, 1.54) is 12.1 Å². The summed E-state index contributed by atoms with van der Waals surface area (Å²) < 4.78 is 13.5. The number of hydrogen-bond acceptors (Lipinski definition) is 3. The third-order valence-corrected chi connectivity index (χ3v) is 4.95. The summed E-state index contributed by atoms with van der Waals surface area (Å²) in [6, 6.07) is 16.8. The van der Waals surface area contributed by atoms with Crippen molar-refractivity contribution in [3.8, 4) is 0 Å². The highest BCUT2D eigenvalue weighted by atomic mass is 19.1. The second kappa shape index (κ2) is 7.27. The first kappa shape index (κ1) is 17.9. The van der Waals surface area contributed by atoms with Gasteiger partial charge in [0.1, 0.15) is 5.82 Å². The van der Waals surface area contributed by atoms with Crippen molar-refractivity contribution >= 4 is 11.5 Å². The van der Waals surface area contributed by atoms with Crippen LogP contribution < -0.4 is 0 Å². The summed E-state index contributed by atoms with van der Waals surface area (Å²) in [5, 5.41) is 10.7. The van der Waals surface area contributed by atoms with Crippen molar-refractivity contribution in [3.63, 3.8) is 0 Å². The highest BCUT2D eigenvalue weighted by Crippen LogP contribution is 2.43. The lowest BCUT2D eigenvalue weighted by Gasteiger charge is -2.27. The number of halogens is 1. The highest BCUT2D eigenvalue weighted by molar-refractivity contribution is 6.05. The van der Waals surface area contributed by atoms with Gasteiger partial charge in [-0.3, -0.25) is 9.78 Å². The summed E-state index contributed by atoms with van der Waals surface area (Å²) in [6.45, 7) is 2.29. The number of aromatic nitrogens is 1. The number of aliphatic hydroxyl groups is 1. The topological polar surface area (TPSA) is 53.4 Å². The van der Waals surface area contributed by atoms with Gasteiger partial charge in [0.15, 0.2) is 5.76 Å². The number of carbonyl (C=O) groups excluding carboxylic acids is 1. The van der Waals surface area contributed by atoms with E-state index in [0.29, 0.717) is 12.1 Å². The van der Waals surface area contributed by atoms with Crippen molar-refractivity contribution < 1.29 is 14.3 Å². The van der Waals surface area contributed by atoms with E-state index < -0.39 is 11.9 Å². The number of rotatable bonds is 4. The maximum absolute atomic E-state index is 13.5. The van der Waals surface area contributed by atoms with Crippen LogP contribution in [0, 0.1) is 12.7 Å². The maximum Gasteiger partial charge on any atom is 0.290 e. The molecule has 0 unspecified atom stereocenters. The fraction of sp³-hybridized carbons (Fsp3) is 0.130. The Kier molecular flexibility index (Phi) is 4.65. The molecule has 0 bridgehead atoms. The average Bonchev–Trinajstić information content (AvgIpc) is 2.95. The Morgan fingerprint density at radius 2 is 1.64 bits per heavy atom. The van der Waals surface area contributed by atoms with Crippen molar-refractivity contribution in [3.05, 3.63) is 107 Å². The number of nitrogens with zero attached hydrogens (tertiary/aromatic N) is 2. The Labute approximate surface area is 162 Å². The second-order valence-electron chi connectivity index (χ2n) is 6.87. The average molecular weight is 374 g/mol. The number of amides is 1. The zero-order valence-corrected chi connectivity index (χ0v) is 15.3. The van der Waals surface area contributed by atoms with Crippen LogP contribution in [0.5, 0.6) is 0 Å². The van der Waals surface area contributed by atoms with Gasteiger partial charge in [0.05, 0.1) is 6.04 Å². The minimum atomic E-state index is -0.510. The minimum Gasteiger partial charge on any atom is -0.503 e. The molecule has 0 saturated carbocycles. The zero-order chi connectivity index (χ0) is 19.7. The third kappa shape index (κ3) is 3.27. The largest absolute Gasteiger partial charge is 0.503 e. The molecule has 4 nitrogen and oxygen atoms in total. The van der Waals surface area contributed by atoms with Crippen LogP contribution in [0.1, 0.15) is 28.3 Å². The fourth-order valence-electron chi connectivity index (χ4n) is 3.52. The van der Waals surface area contributed by atoms with Crippen LogP contribution >= 0.6 is 0 Å². The summed E-state index contributed by atoms with van der Waals surface area (Å²) >= 11 is 0. The number of aliphatic hydroxyl groups excluding tert-OH is 1. The molecule has 2 heterocycles. The van der Waals surface area contributed by atoms with E-state index in [-0.39, 0.29) is 11.6 Å². The maximum atomic E-state index is 13.5. The molecule has 1 atom stereocenters. The fourth-order valence-corrected chi connectivity index (χ4v) is 3.52. The molecule has 0 radical (unpaired) electrons. The summed E-state index contributed by atoms with van der Waals surface area (Å²) in [5.41, 5.74) is 4.02. The summed E-state index contributed by atoms with van der Waals surface area (Å²) in [6.07, 6.45) is 3.33. The molecule has 0 fully saturated rings. The predicted octanol–water partition coefficient (Wildman–Crippen LogP) is 4.58. The van der Waals surface area contributed by atoms with Crippen LogP contribution in [0.2, 0.25) is 0 Å². The molecule has 2 aromatic carbocycles. The molecular weight excluding hydrogens is 355 g/mol. The third-order valence-electron chi connectivity index (χ3n) is 4.95. The number of aryl methyl sites for hydroxylation is 1. The molecule has 0 spiro atoms. The molecule has 0 saturated heterocycles. The number of carbonyl (C=O) groups is 1. The van der Waals surface area contributed by atoms with Gasteiger partial charge in [0.2, 0.25) is 0 Å². The Morgan fingerprint density at radius 3 is 2.29 bits per heavy atom. The molecule has 0 aliphatic carbocycles. The lowest BCUT2D eigenvalue weighted by molar-refractivity contribution is -0.130. The van der Waals surface area contributed by atoms with E-state index in [1.807, 2.05) is 43.3 Å². The van der Waals surface area contributed by atoms with E-state index in [1.54, 1.807) is 29.4 Å². The van der Waals surface area contributed by atoms with Crippen LogP contribution in [-0.2, 0) is 11.3 Å². The van der Waals surface area contributed by atoms with Crippen molar-refractivity contribution in [1.29, 1.82) is 0 Å². The molecular formula is C23H19FN2O2. The van der Waals surface area contributed by atoms with E-state index in [2.05, 4.69) is 4.98 Å². The van der Waals surface area contributed by atoms with Crippen LogP contribution in [0.25, 0.3) is 5.57 Å². The quantitative estimate of drug-likeness (QED) is 0.727. The van der Waals surface area contributed by atoms with Gasteiger partial charge in [-0.1, -0.05) is 42.0 Å². The van der Waals surface area contributed by atoms with Crippen LogP contribution in [0.4, 0.5) is 4.39 Å². The Hall–Kier alpha value is -3.47. The molecule has 5 heteroatoms. The first-order valence-corrected chi connectivity index (χ1v) is 9.00. The smallest absolute Gasteiger partial charge is 0.290 e. The Bertz CT molecular complexity index is 1030. The normalized spacial score (nSPS) is 16.7. The standard InChI is InChI=1S/C23H19FN2O2/c1-15-2-4-17(5-3-15)20-21(18-6-8-19(24)9-7-18)26(23(28)22(20)27)14-16-10-12-25-13-11-16/h2-13,21,27H,14H2,1H3/t21-/m1/s1. The van der Waals surface area contributed by atoms with Crippen molar-refractivity contribution in [2.75, 3.05) is 0 Å². The summed E-state index contributed by atoms with van der Waals surface area (Å²) in [7, 11) is 0. The zero-order valence-electron chi connectivity index (χ0n) is 15.3. The molecule has 140 valence electrons. The summed E-state index contributed by atoms with van der Waals surface area (Å²) in [5.74, 6) is -1.06. The number of hydrogen-bond donors (Lipinski definition) is 1. The van der Waals surface area contributed by atoms with Gasteiger partial charge >= 0.3 is 0 Å². The van der Waals surface area contributed by atoms with Gasteiger partial charge in [-0.2, -0.15) is 0 Å². The SMILES string of the molecule is Cc1ccc(C2=C(O)C(=O)N(Cc3ccncc3)[C@@H]2c2ccc(F)cc2)cc1. The minimum absolute atomic E-state index is 0.271. The predicted molar refractivity (Wildman–Crippen MR) is 105 cm³/mol. The molecule has 1 aliphatic heterocycles. The van der Waals surface area contributed by atoms with E-state index >= 15 is 0 Å². The lowest BCUT2D eigenvalue weighted by atomic mass is 9.93. The van der Waals surface area contributed by atoms with Gasteiger partial charge in [0, 0.05) is 24.5 Å². The van der Waals surface area contributed by atoms with E-state index in [4.69, 9.17) is 0 Å². The number of pyridine rings is 1. The van der Waals surface area contributed by atoms with Crippen LogP contribution in [0.15, 0.2) is 78.8 Å². The van der Waals surface area contributed by atoms with Crippen molar-refractivity contribution in [2.45, 2.75) is 19.5 Å². The van der Waals surface area contributed by atoms with Gasteiger partial charge in [-0.25, -0.2) is 4.39 Å². The molecule has 1 N–H and O–H groups in total. The first-order chi connectivity index (χ1) is 13.5. The van der Waals surface area contributed by atoms with Gasteiger partial charge < -0.3 is 10.0 Å².